The first-order valence-electron chi connectivity index (χ1n) is 12.2. The second kappa shape index (κ2) is 10.2. The fraction of sp³-hybridized carbons (Fsp3) is 0.533. The predicted octanol–water partition coefficient (Wildman–Crippen LogP) is 8.78. The molecule has 2 aromatic carbocycles. The van der Waals surface area contributed by atoms with E-state index in [9.17, 15) is 9.59 Å². The fourth-order valence-corrected chi connectivity index (χ4v) is 6.82. The van der Waals surface area contributed by atoms with Crippen LogP contribution in [0, 0.1) is 27.7 Å². The molecule has 0 unspecified atom stereocenters. The van der Waals surface area contributed by atoms with Crippen molar-refractivity contribution in [3.05, 3.63) is 68.8 Å². The minimum absolute atomic E-state index is 0.0168. The Labute approximate surface area is 203 Å². The zero-order valence-corrected chi connectivity index (χ0v) is 23.6. The van der Waals surface area contributed by atoms with Gasteiger partial charge in [0.15, 0.2) is 11.0 Å². The summed E-state index contributed by atoms with van der Waals surface area (Å²) in [6, 6.07) is 8.53. The lowest BCUT2D eigenvalue weighted by molar-refractivity contribution is 0.105. The van der Waals surface area contributed by atoms with Gasteiger partial charge >= 0.3 is 0 Å². The zero-order valence-electron chi connectivity index (χ0n) is 22.7. The topological polar surface area (TPSA) is 34.1 Å². The van der Waals surface area contributed by atoms with E-state index in [0.717, 1.165) is 46.2 Å². The summed E-state index contributed by atoms with van der Waals surface area (Å²) in [5.41, 5.74) is 8.00. The van der Waals surface area contributed by atoms with E-state index in [1.165, 1.54) is 11.1 Å². The van der Waals surface area contributed by atoms with Crippen LogP contribution < -0.4 is 0 Å². The molecule has 0 N–H and O–H groups in total. The molecule has 0 aliphatic carbocycles. The van der Waals surface area contributed by atoms with Crippen LogP contribution in [0.2, 0.25) is 0 Å². The smallest absolute Gasteiger partial charge is 0.192 e. The Morgan fingerprint density at radius 2 is 0.970 bits per heavy atom. The molecule has 0 atom stereocenters. The van der Waals surface area contributed by atoms with Gasteiger partial charge in [0.05, 0.1) is 0 Å². The SMILES string of the molecule is CCCCP(C(=O)c1c(C)cc(C(C)(C)C)cc1C)C(=O)c1c(C)cc(C(C)(C)C)cc1C. The first-order valence-corrected chi connectivity index (χ1v) is 13.7. The molecule has 0 heterocycles. The number of hydrogen-bond donors (Lipinski definition) is 0. The highest BCUT2D eigenvalue weighted by Crippen LogP contribution is 2.47. The van der Waals surface area contributed by atoms with Crippen LogP contribution in [0.15, 0.2) is 24.3 Å². The summed E-state index contributed by atoms with van der Waals surface area (Å²) in [6.07, 6.45) is 2.52. The summed E-state index contributed by atoms with van der Waals surface area (Å²) in [7, 11) is -1.46. The molecule has 2 rings (SSSR count). The molecule has 0 amide bonds. The maximum absolute atomic E-state index is 13.9. The predicted molar refractivity (Wildman–Crippen MR) is 145 cm³/mol. The van der Waals surface area contributed by atoms with Gasteiger partial charge in [0.2, 0.25) is 0 Å². The second-order valence-electron chi connectivity index (χ2n) is 11.6. The molecule has 0 aliphatic heterocycles. The van der Waals surface area contributed by atoms with E-state index in [-0.39, 0.29) is 21.9 Å². The lowest BCUT2D eigenvalue weighted by Crippen LogP contribution is -2.17. The summed E-state index contributed by atoms with van der Waals surface area (Å²) >= 11 is 0. The third-order valence-corrected chi connectivity index (χ3v) is 8.64. The average Bonchev–Trinajstić information content (AvgIpc) is 2.65. The van der Waals surface area contributed by atoms with Gasteiger partial charge in [-0.3, -0.25) is 9.59 Å². The van der Waals surface area contributed by atoms with E-state index < -0.39 is 7.92 Å². The number of benzene rings is 2. The number of unbranched alkanes of at least 4 members (excludes halogenated alkanes) is 1. The Kier molecular flexibility index (Phi) is 8.51. The van der Waals surface area contributed by atoms with Crippen molar-refractivity contribution in [3.63, 3.8) is 0 Å². The first kappa shape index (κ1) is 27.5. The molecule has 0 aromatic heterocycles. The minimum Gasteiger partial charge on any atom is -0.289 e. The summed E-state index contributed by atoms with van der Waals surface area (Å²) < 4.78 is 0. The Morgan fingerprint density at radius 3 is 1.21 bits per heavy atom. The lowest BCUT2D eigenvalue weighted by Gasteiger charge is -2.25. The summed E-state index contributed by atoms with van der Waals surface area (Å²) in [6.45, 7) is 23.3. The van der Waals surface area contributed by atoms with E-state index in [2.05, 4.69) is 72.7 Å². The standard InChI is InChI=1S/C30H43O2P/c1-12-13-14-33(27(31)25-19(2)15-23(16-20(25)3)29(6,7)8)28(32)26-21(4)17-24(18-22(26)5)30(9,10)11/h15-18H,12-14H2,1-11H3. The fourth-order valence-electron chi connectivity index (χ4n) is 4.35. The van der Waals surface area contributed by atoms with Gasteiger partial charge < -0.3 is 0 Å². The average molecular weight is 467 g/mol. The lowest BCUT2D eigenvalue weighted by atomic mass is 9.84. The molecule has 33 heavy (non-hydrogen) atoms. The molecule has 0 saturated carbocycles. The van der Waals surface area contributed by atoms with Crippen molar-refractivity contribution in [3.8, 4) is 0 Å². The van der Waals surface area contributed by atoms with E-state index in [0.29, 0.717) is 6.16 Å². The van der Waals surface area contributed by atoms with Crippen LogP contribution in [0.4, 0.5) is 0 Å². The van der Waals surface area contributed by atoms with Crippen molar-refractivity contribution in [2.45, 2.75) is 99.8 Å². The normalized spacial score (nSPS) is 12.4. The van der Waals surface area contributed by atoms with Gasteiger partial charge in [-0.25, -0.2) is 0 Å². The summed E-state index contributed by atoms with van der Waals surface area (Å²) in [5.74, 6) is 0. The number of rotatable bonds is 7. The number of hydrogen-bond acceptors (Lipinski definition) is 2. The summed E-state index contributed by atoms with van der Waals surface area (Å²) in [5, 5.41) is 0. The van der Waals surface area contributed by atoms with Gasteiger partial charge in [-0.05, 0) is 84.5 Å². The quantitative estimate of drug-likeness (QED) is 0.382. The highest BCUT2D eigenvalue weighted by molar-refractivity contribution is 7.90. The van der Waals surface area contributed by atoms with Gasteiger partial charge in [-0.2, -0.15) is 0 Å². The highest BCUT2D eigenvalue weighted by Gasteiger charge is 2.32. The van der Waals surface area contributed by atoms with Crippen LogP contribution >= 0.6 is 7.92 Å². The molecule has 2 nitrogen and oxygen atoms in total. The van der Waals surface area contributed by atoms with Crippen LogP contribution in [0.25, 0.3) is 0 Å². The third-order valence-electron chi connectivity index (χ3n) is 6.45. The van der Waals surface area contributed by atoms with Crippen LogP contribution in [-0.4, -0.2) is 17.2 Å². The van der Waals surface area contributed by atoms with Gasteiger partial charge in [0, 0.05) is 19.0 Å². The van der Waals surface area contributed by atoms with Gasteiger partial charge in [-0.1, -0.05) is 79.2 Å². The van der Waals surface area contributed by atoms with Crippen LogP contribution in [0.5, 0.6) is 0 Å². The minimum atomic E-state index is -1.46. The van der Waals surface area contributed by atoms with Gasteiger partial charge in [0.25, 0.3) is 0 Å². The van der Waals surface area contributed by atoms with Gasteiger partial charge in [-0.15, -0.1) is 0 Å². The van der Waals surface area contributed by atoms with Crippen molar-refractivity contribution in [1.82, 2.24) is 0 Å². The van der Waals surface area contributed by atoms with Crippen molar-refractivity contribution < 1.29 is 9.59 Å². The van der Waals surface area contributed by atoms with E-state index in [1.807, 2.05) is 27.7 Å². The Bertz CT molecular complexity index is 920. The number of aryl methyl sites for hydroxylation is 4. The molecular formula is C30H43O2P. The van der Waals surface area contributed by atoms with Crippen LogP contribution in [0.3, 0.4) is 0 Å². The van der Waals surface area contributed by atoms with E-state index in [4.69, 9.17) is 0 Å². The first-order chi connectivity index (χ1) is 15.1. The van der Waals surface area contributed by atoms with Crippen molar-refractivity contribution >= 4 is 19.0 Å². The second-order valence-corrected chi connectivity index (χ2v) is 13.7. The van der Waals surface area contributed by atoms with Crippen molar-refractivity contribution in [1.29, 1.82) is 0 Å². The zero-order chi connectivity index (χ0) is 25.3. The molecular weight excluding hydrogens is 423 g/mol. The number of carbonyl (C=O) groups is 2. The monoisotopic (exact) mass is 466 g/mol. The molecule has 0 spiro atoms. The maximum atomic E-state index is 13.9. The molecule has 0 saturated heterocycles. The molecule has 0 bridgehead atoms. The molecule has 0 fully saturated rings. The van der Waals surface area contributed by atoms with Crippen LogP contribution in [0.1, 0.15) is 115 Å². The Morgan fingerprint density at radius 1 is 0.667 bits per heavy atom. The summed E-state index contributed by atoms with van der Waals surface area (Å²) in [4.78, 5) is 27.8. The molecule has 0 radical (unpaired) electrons. The van der Waals surface area contributed by atoms with E-state index >= 15 is 0 Å². The highest BCUT2D eigenvalue weighted by atomic mass is 31.1. The van der Waals surface area contributed by atoms with Crippen molar-refractivity contribution in [2.24, 2.45) is 0 Å². The Hall–Kier alpha value is -1.79. The molecule has 2 aromatic rings. The molecule has 0 aliphatic rings. The Balaban J connectivity index is 2.58. The molecule has 3 heteroatoms. The van der Waals surface area contributed by atoms with Crippen molar-refractivity contribution in [2.75, 3.05) is 6.16 Å². The number of carbonyl (C=O) groups excluding carboxylic acids is 2. The molecule has 180 valence electrons. The largest absolute Gasteiger partial charge is 0.289 e. The van der Waals surface area contributed by atoms with E-state index in [1.54, 1.807) is 0 Å². The maximum Gasteiger partial charge on any atom is 0.192 e. The van der Waals surface area contributed by atoms with Gasteiger partial charge in [0.1, 0.15) is 0 Å². The third kappa shape index (κ3) is 6.21. The van der Waals surface area contributed by atoms with Crippen LogP contribution in [-0.2, 0) is 10.8 Å².